The number of para-hydroxylation sites is 1. The number of anilines is 3. The molecule has 0 atom stereocenters. The smallest absolute Gasteiger partial charge is 0.258 e. The zero-order valence-corrected chi connectivity index (χ0v) is 15.7. The van der Waals surface area contributed by atoms with Crippen LogP contribution in [0.5, 0.6) is 0 Å². The van der Waals surface area contributed by atoms with Gasteiger partial charge in [0.25, 0.3) is 5.91 Å². The lowest BCUT2D eigenvalue weighted by molar-refractivity contribution is -0.116. The molecule has 2 heterocycles. The van der Waals surface area contributed by atoms with Crippen LogP contribution in [-0.4, -0.2) is 11.8 Å². The molecule has 0 radical (unpaired) electrons. The molecule has 142 valence electrons. The Hall–Kier alpha value is -3.86. The molecule has 2 amide bonds. The number of rotatable bonds is 3. The highest BCUT2D eigenvalue weighted by Gasteiger charge is 2.28. The maximum atomic E-state index is 12.8. The van der Waals surface area contributed by atoms with E-state index >= 15 is 0 Å². The molecule has 0 aromatic heterocycles. The van der Waals surface area contributed by atoms with E-state index in [1.54, 1.807) is 0 Å². The summed E-state index contributed by atoms with van der Waals surface area (Å²) >= 11 is 0. The van der Waals surface area contributed by atoms with Crippen molar-refractivity contribution < 1.29 is 9.59 Å². The van der Waals surface area contributed by atoms with Gasteiger partial charge in [0.2, 0.25) is 5.91 Å². The quantitative estimate of drug-likeness (QED) is 0.585. The fourth-order valence-corrected chi connectivity index (χ4v) is 3.85. The van der Waals surface area contributed by atoms with Crippen molar-refractivity contribution in [3.05, 3.63) is 89.5 Å². The van der Waals surface area contributed by atoms with Gasteiger partial charge in [-0.25, -0.2) is 0 Å². The van der Waals surface area contributed by atoms with Crippen molar-refractivity contribution in [1.29, 1.82) is 0 Å². The zero-order chi connectivity index (χ0) is 19.8. The molecule has 0 aliphatic carbocycles. The Morgan fingerprint density at radius 3 is 2.45 bits per heavy atom. The predicted molar refractivity (Wildman–Crippen MR) is 115 cm³/mol. The number of aryl methyl sites for hydroxylation is 1. The Kier molecular flexibility index (Phi) is 4.13. The third-order valence-electron chi connectivity index (χ3n) is 5.25. The van der Waals surface area contributed by atoms with E-state index in [9.17, 15) is 9.59 Å². The molecule has 0 fully saturated rings. The largest absolute Gasteiger partial charge is 0.354 e. The van der Waals surface area contributed by atoms with Crippen molar-refractivity contribution in [2.45, 2.75) is 12.8 Å². The molecule has 5 nitrogen and oxygen atoms in total. The summed E-state index contributed by atoms with van der Waals surface area (Å²) in [5.41, 5.74) is 6.83. The molecule has 0 saturated carbocycles. The first-order chi connectivity index (χ1) is 14.2. The molecule has 0 spiro atoms. The van der Waals surface area contributed by atoms with Crippen LogP contribution in [0.4, 0.5) is 17.1 Å². The van der Waals surface area contributed by atoms with Gasteiger partial charge in [-0.05, 0) is 41.8 Å². The molecule has 3 aromatic rings. The summed E-state index contributed by atoms with van der Waals surface area (Å²) in [6.07, 6.45) is 1.19. The summed E-state index contributed by atoms with van der Waals surface area (Å²) in [7, 11) is 0. The standard InChI is InChI=1S/C24H19N3O2/c28-21-13-10-16-14-17(11-12-19(16)26-21)25-23(15-6-2-1-3-7-15)22-18-8-4-5-9-20(18)27-24(22)29/h1-9,11-12,14,25H,10,13H2,(H,26,28)(H,27,29). The number of carbonyl (C=O) groups is 2. The van der Waals surface area contributed by atoms with Crippen LogP contribution in [0.15, 0.2) is 72.8 Å². The second kappa shape index (κ2) is 6.95. The summed E-state index contributed by atoms with van der Waals surface area (Å²) in [6.45, 7) is 0. The molecule has 2 aliphatic heterocycles. The lowest BCUT2D eigenvalue weighted by Crippen LogP contribution is -2.19. The van der Waals surface area contributed by atoms with E-state index in [1.165, 1.54) is 0 Å². The van der Waals surface area contributed by atoms with Gasteiger partial charge in [0.15, 0.2) is 0 Å². The molecule has 5 rings (SSSR count). The highest BCUT2D eigenvalue weighted by Crippen LogP contribution is 2.37. The second-order valence-electron chi connectivity index (χ2n) is 7.16. The van der Waals surface area contributed by atoms with Crippen LogP contribution < -0.4 is 16.0 Å². The minimum Gasteiger partial charge on any atom is -0.354 e. The molecule has 0 unspecified atom stereocenters. The van der Waals surface area contributed by atoms with Gasteiger partial charge in [0, 0.05) is 29.0 Å². The topological polar surface area (TPSA) is 70.2 Å². The Balaban J connectivity index is 1.62. The maximum Gasteiger partial charge on any atom is 0.258 e. The first kappa shape index (κ1) is 17.3. The molecule has 3 aromatic carbocycles. The van der Waals surface area contributed by atoms with Crippen molar-refractivity contribution in [3.8, 4) is 0 Å². The predicted octanol–water partition coefficient (Wildman–Crippen LogP) is 4.50. The SMILES string of the molecule is O=C1CCc2cc(NC(=C3C(=O)Nc4ccccc43)c3ccccc3)ccc2N1. The Labute approximate surface area is 168 Å². The van der Waals surface area contributed by atoms with Crippen molar-refractivity contribution in [2.75, 3.05) is 16.0 Å². The fraction of sp³-hybridized carbons (Fsp3) is 0.0833. The highest BCUT2D eigenvalue weighted by atomic mass is 16.2. The van der Waals surface area contributed by atoms with E-state index < -0.39 is 0 Å². The Bertz CT molecular complexity index is 1170. The first-order valence-electron chi connectivity index (χ1n) is 9.59. The van der Waals surface area contributed by atoms with Crippen LogP contribution in [0.1, 0.15) is 23.1 Å². The number of hydrogen-bond donors (Lipinski definition) is 3. The third-order valence-corrected chi connectivity index (χ3v) is 5.25. The summed E-state index contributed by atoms with van der Waals surface area (Å²) in [4.78, 5) is 24.5. The molecule has 0 saturated heterocycles. The lowest BCUT2D eigenvalue weighted by Gasteiger charge is -2.19. The van der Waals surface area contributed by atoms with E-state index in [1.807, 2.05) is 72.8 Å². The van der Waals surface area contributed by atoms with E-state index in [0.717, 1.165) is 39.4 Å². The molecular weight excluding hydrogens is 362 g/mol. The van der Waals surface area contributed by atoms with Crippen LogP contribution >= 0.6 is 0 Å². The number of benzene rings is 3. The summed E-state index contributed by atoms with van der Waals surface area (Å²) in [5.74, 6) is -0.0766. The number of fused-ring (bicyclic) bond motifs is 2. The molecule has 29 heavy (non-hydrogen) atoms. The van der Waals surface area contributed by atoms with Gasteiger partial charge in [-0.15, -0.1) is 0 Å². The molecular formula is C24H19N3O2. The summed E-state index contributed by atoms with van der Waals surface area (Å²) in [5, 5.41) is 9.33. The average Bonchev–Trinajstić information content (AvgIpc) is 3.08. The van der Waals surface area contributed by atoms with Crippen LogP contribution in [-0.2, 0) is 16.0 Å². The van der Waals surface area contributed by atoms with Gasteiger partial charge in [0.05, 0.1) is 11.3 Å². The number of nitrogens with one attached hydrogen (secondary N) is 3. The van der Waals surface area contributed by atoms with Gasteiger partial charge in [-0.1, -0.05) is 48.5 Å². The fourth-order valence-electron chi connectivity index (χ4n) is 3.85. The Morgan fingerprint density at radius 1 is 0.793 bits per heavy atom. The number of amides is 2. The van der Waals surface area contributed by atoms with Crippen molar-refractivity contribution >= 4 is 40.1 Å². The number of hydrogen-bond acceptors (Lipinski definition) is 3. The monoisotopic (exact) mass is 381 g/mol. The van der Waals surface area contributed by atoms with Crippen LogP contribution in [0, 0.1) is 0 Å². The molecule has 3 N–H and O–H groups in total. The van der Waals surface area contributed by atoms with Gasteiger partial charge in [-0.2, -0.15) is 0 Å². The zero-order valence-electron chi connectivity index (χ0n) is 15.7. The molecule has 0 bridgehead atoms. The van der Waals surface area contributed by atoms with Crippen molar-refractivity contribution in [2.24, 2.45) is 0 Å². The van der Waals surface area contributed by atoms with Gasteiger partial charge in [0.1, 0.15) is 0 Å². The van der Waals surface area contributed by atoms with E-state index in [2.05, 4.69) is 16.0 Å². The van der Waals surface area contributed by atoms with E-state index in [4.69, 9.17) is 0 Å². The lowest BCUT2D eigenvalue weighted by atomic mass is 9.99. The van der Waals surface area contributed by atoms with Crippen molar-refractivity contribution in [1.82, 2.24) is 0 Å². The van der Waals surface area contributed by atoms with Crippen LogP contribution in [0.3, 0.4) is 0 Å². The van der Waals surface area contributed by atoms with Crippen LogP contribution in [0.25, 0.3) is 11.3 Å². The van der Waals surface area contributed by atoms with E-state index in [-0.39, 0.29) is 11.8 Å². The highest BCUT2D eigenvalue weighted by molar-refractivity contribution is 6.37. The normalized spacial score (nSPS) is 16.4. The molecule has 5 heteroatoms. The summed E-state index contributed by atoms with van der Waals surface area (Å²) in [6, 6.07) is 23.4. The molecule has 2 aliphatic rings. The summed E-state index contributed by atoms with van der Waals surface area (Å²) < 4.78 is 0. The second-order valence-corrected chi connectivity index (χ2v) is 7.16. The third kappa shape index (κ3) is 3.17. The maximum absolute atomic E-state index is 12.8. The first-order valence-corrected chi connectivity index (χ1v) is 9.59. The van der Waals surface area contributed by atoms with Gasteiger partial charge in [-0.3, -0.25) is 9.59 Å². The Morgan fingerprint density at radius 2 is 1.59 bits per heavy atom. The van der Waals surface area contributed by atoms with E-state index in [0.29, 0.717) is 18.4 Å². The van der Waals surface area contributed by atoms with Gasteiger partial charge < -0.3 is 16.0 Å². The van der Waals surface area contributed by atoms with Crippen LogP contribution in [0.2, 0.25) is 0 Å². The van der Waals surface area contributed by atoms with Gasteiger partial charge >= 0.3 is 0 Å². The minimum absolute atomic E-state index is 0.0459. The van der Waals surface area contributed by atoms with Crippen molar-refractivity contribution in [3.63, 3.8) is 0 Å². The number of carbonyl (C=O) groups excluding carboxylic acids is 2. The average molecular weight is 381 g/mol. The minimum atomic E-state index is -0.122.